The van der Waals surface area contributed by atoms with Crippen LogP contribution in [0.4, 0.5) is 10.5 Å². The molecule has 1 fully saturated rings. The molecule has 0 bridgehead atoms. The maximum Gasteiger partial charge on any atom is 0.411 e. The lowest BCUT2D eigenvalue weighted by Crippen LogP contribution is -2.50. The van der Waals surface area contributed by atoms with Crippen LogP contribution in [0.1, 0.15) is 10.4 Å². The molecule has 0 unspecified atom stereocenters. The molecule has 0 radical (unpaired) electrons. The maximum absolute atomic E-state index is 13.4. The first-order chi connectivity index (χ1) is 19.5. The number of nitrogens with zero attached hydrogens (tertiary/aromatic N) is 4. The summed E-state index contributed by atoms with van der Waals surface area (Å²) in [6.07, 6.45) is 4.38. The minimum absolute atomic E-state index is 0.141. The van der Waals surface area contributed by atoms with Crippen LogP contribution >= 0.6 is 34.8 Å². The number of rotatable bonds is 6. The number of halogens is 3. The zero-order chi connectivity index (χ0) is 29.2. The molecule has 0 atom stereocenters. The van der Waals surface area contributed by atoms with Crippen molar-refractivity contribution in [3.63, 3.8) is 0 Å². The Morgan fingerprint density at radius 3 is 2.27 bits per heavy atom. The van der Waals surface area contributed by atoms with E-state index in [2.05, 4.69) is 10.3 Å². The summed E-state index contributed by atoms with van der Waals surface area (Å²) < 4.78 is 33.2. The van der Waals surface area contributed by atoms with Crippen molar-refractivity contribution in [2.24, 2.45) is 0 Å². The number of fused-ring (bicyclic) bond motifs is 1. The molecule has 2 heterocycles. The fraction of sp³-hybridized carbons (Fsp3) is 0.222. The Morgan fingerprint density at radius 1 is 0.927 bits per heavy atom. The fourth-order valence-electron chi connectivity index (χ4n) is 4.41. The van der Waals surface area contributed by atoms with Gasteiger partial charge in [-0.25, -0.2) is 18.2 Å². The summed E-state index contributed by atoms with van der Waals surface area (Å²) in [7, 11) is -3.79. The van der Waals surface area contributed by atoms with Gasteiger partial charge in [-0.05, 0) is 59.3 Å². The van der Waals surface area contributed by atoms with Crippen molar-refractivity contribution < 1.29 is 22.7 Å². The standard InChI is InChI=1S/C27H24Cl3N5O5S/c28-27(29,30)17-40-26(37)32-22-5-1-21-16-24(8-4-20(21)15-22)41(38,39)35-13-11-33(12-14-35)25(36)19-2-6-23(7-3-19)34-10-9-31-18-34/h1-10,15-16,18H,11-14,17H2,(H,32,37). The number of carbonyl (C=O) groups excluding carboxylic acids is 2. The summed E-state index contributed by atoms with van der Waals surface area (Å²) in [6, 6.07) is 16.9. The highest BCUT2D eigenvalue weighted by Crippen LogP contribution is 2.27. The quantitative estimate of drug-likeness (QED) is 0.295. The maximum atomic E-state index is 13.4. The van der Waals surface area contributed by atoms with Crippen LogP contribution in [0.2, 0.25) is 0 Å². The molecule has 4 aromatic rings. The number of imidazole rings is 1. The SMILES string of the molecule is O=C(Nc1ccc2cc(S(=O)(=O)N3CCN(C(=O)c4ccc(-n5ccnc5)cc4)CC3)ccc2c1)OCC(Cl)(Cl)Cl. The normalized spacial score (nSPS) is 14.7. The first-order valence-electron chi connectivity index (χ1n) is 12.4. The van der Waals surface area contributed by atoms with E-state index in [1.807, 2.05) is 22.9 Å². The molecule has 41 heavy (non-hydrogen) atoms. The summed E-state index contributed by atoms with van der Waals surface area (Å²) in [4.78, 5) is 30.8. The van der Waals surface area contributed by atoms with Crippen LogP contribution in [0.3, 0.4) is 0 Å². The third kappa shape index (κ3) is 6.94. The number of sulfonamides is 1. The minimum atomic E-state index is -3.79. The first-order valence-corrected chi connectivity index (χ1v) is 15.0. The smallest absolute Gasteiger partial charge is 0.411 e. The van der Waals surface area contributed by atoms with E-state index in [4.69, 9.17) is 39.5 Å². The predicted octanol–water partition coefficient (Wildman–Crippen LogP) is 5.09. The van der Waals surface area contributed by atoms with Crippen LogP contribution < -0.4 is 5.32 Å². The summed E-state index contributed by atoms with van der Waals surface area (Å²) in [5.74, 6) is -0.148. The van der Waals surface area contributed by atoms with Gasteiger partial charge in [-0.15, -0.1) is 0 Å². The number of piperazine rings is 1. The molecule has 1 aliphatic rings. The highest BCUT2D eigenvalue weighted by Gasteiger charge is 2.30. The molecule has 0 spiro atoms. The highest BCUT2D eigenvalue weighted by atomic mass is 35.6. The van der Waals surface area contributed by atoms with Crippen LogP contribution in [0.25, 0.3) is 16.5 Å². The van der Waals surface area contributed by atoms with E-state index in [0.717, 1.165) is 5.69 Å². The summed E-state index contributed by atoms with van der Waals surface area (Å²) in [5, 5.41) is 3.91. The number of hydrogen-bond acceptors (Lipinski definition) is 6. The molecule has 10 nitrogen and oxygen atoms in total. The van der Waals surface area contributed by atoms with Gasteiger partial charge in [0.05, 0.1) is 11.2 Å². The number of aromatic nitrogens is 2. The van der Waals surface area contributed by atoms with Crippen molar-refractivity contribution in [2.75, 3.05) is 38.1 Å². The van der Waals surface area contributed by atoms with E-state index < -0.39 is 26.5 Å². The van der Waals surface area contributed by atoms with Crippen molar-refractivity contribution in [3.05, 3.63) is 84.9 Å². The number of nitrogens with one attached hydrogen (secondary N) is 1. The average Bonchev–Trinajstić information content (AvgIpc) is 3.50. The Bertz CT molecular complexity index is 1670. The zero-order valence-corrected chi connectivity index (χ0v) is 24.5. The molecule has 1 saturated heterocycles. The van der Waals surface area contributed by atoms with Crippen LogP contribution in [-0.4, -0.2) is 75.8 Å². The topological polar surface area (TPSA) is 114 Å². The van der Waals surface area contributed by atoms with Crippen molar-refractivity contribution >= 4 is 73.3 Å². The van der Waals surface area contributed by atoms with Gasteiger partial charge in [0.1, 0.15) is 6.61 Å². The molecule has 14 heteroatoms. The molecule has 214 valence electrons. The van der Waals surface area contributed by atoms with Gasteiger partial charge in [-0.3, -0.25) is 10.1 Å². The van der Waals surface area contributed by atoms with Gasteiger partial charge in [0.15, 0.2) is 0 Å². The number of benzene rings is 3. The van der Waals surface area contributed by atoms with E-state index in [9.17, 15) is 18.0 Å². The van der Waals surface area contributed by atoms with E-state index in [-0.39, 0.29) is 37.0 Å². The van der Waals surface area contributed by atoms with Crippen LogP contribution in [0.15, 0.2) is 84.3 Å². The third-order valence-corrected chi connectivity index (χ3v) is 8.73. The first kappa shape index (κ1) is 29.2. The molecular weight excluding hydrogens is 613 g/mol. The number of carbonyl (C=O) groups is 2. The van der Waals surface area contributed by atoms with Gasteiger partial charge in [-0.2, -0.15) is 4.31 Å². The lowest BCUT2D eigenvalue weighted by molar-refractivity contribution is 0.0698. The van der Waals surface area contributed by atoms with Gasteiger partial charge >= 0.3 is 6.09 Å². The Hall–Kier alpha value is -3.35. The van der Waals surface area contributed by atoms with Gasteiger partial charge in [0.25, 0.3) is 5.91 Å². The fourth-order valence-corrected chi connectivity index (χ4v) is 6.04. The number of ether oxygens (including phenoxy) is 1. The molecule has 1 aromatic heterocycles. The van der Waals surface area contributed by atoms with Gasteiger partial charge < -0.3 is 14.2 Å². The second kappa shape index (κ2) is 11.9. The number of anilines is 1. The van der Waals surface area contributed by atoms with Crippen molar-refractivity contribution in [3.8, 4) is 5.69 Å². The summed E-state index contributed by atoms with van der Waals surface area (Å²) >= 11 is 16.8. The van der Waals surface area contributed by atoms with E-state index in [0.29, 0.717) is 22.0 Å². The lowest BCUT2D eigenvalue weighted by atomic mass is 10.1. The zero-order valence-electron chi connectivity index (χ0n) is 21.4. The molecule has 0 aliphatic carbocycles. The van der Waals surface area contributed by atoms with Crippen LogP contribution in [0.5, 0.6) is 0 Å². The van der Waals surface area contributed by atoms with Crippen LogP contribution in [0, 0.1) is 0 Å². The number of alkyl halides is 3. The predicted molar refractivity (Wildman–Crippen MR) is 157 cm³/mol. The summed E-state index contributed by atoms with van der Waals surface area (Å²) in [6.45, 7) is 0.494. The molecule has 3 aromatic carbocycles. The molecule has 0 saturated carbocycles. The minimum Gasteiger partial charge on any atom is -0.445 e. The lowest BCUT2D eigenvalue weighted by Gasteiger charge is -2.34. The highest BCUT2D eigenvalue weighted by molar-refractivity contribution is 7.89. The second-order valence-corrected chi connectivity index (χ2v) is 13.7. The van der Waals surface area contributed by atoms with E-state index >= 15 is 0 Å². The summed E-state index contributed by atoms with van der Waals surface area (Å²) in [5.41, 5.74) is 1.85. The number of amides is 2. The van der Waals surface area contributed by atoms with Gasteiger partial charge in [0, 0.05) is 55.5 Å². The molecule has 5 rings (SSSR count). The average molecular weight is 637 g/mol. The monoisotopic (exact) mass is 635 g/mol. The Morgan fingerprint density at radius 2 is 1.61 bits per heavy atom. The third-order valence-electron chi connectivity index (χ3n) is 6.51. The van der Waals surface area contributed by atoms with Crippen molar-refractivity contribution in [1.29, 1.82) is 0 Å². The van der Waals surface area contributed by atoms with Gasteiger partial charge in [0.2, 0.25) is 13.8 Å². The van der Waals surface area contributed by atoms with Crippen LogP contribution in [-0.2, 0) is 14.8 Å². The Labute approximate surface area is 251 Å². The van der Waals surface area contributed by atoms with E-state index in [1.165, 1.54) is 10.4 Å². The van der Waals surface area contributed by atoms with Crippen molar-refractivity contribution in [1.82, 2.24) is 18.8 Å². The molecular formula is C27H24Cl3N5O5S. The number of hydrogen-bond donors (Lipinski definition) is 1. The molecule has 1 aliphatic heterocycles. The molecule has 2 amide bonds. The van der Waals surface area contributed by atoms with E-state index in [1.54, 1.807) is 59.9 Å². The Balaban J connectivity index is 1.21. The molecule has 1 N–H and O–H groups in total. The second-order valence-electron chi connectivity index (χ2n) is 9.25. The van der Waals surface area contributed by atoms with Gasteiger partial charge in [-0.1, -0.05) is 46.9 Å². The van der Waals surface area contributed by atoms with Crippen molar-refractivity contribution in [2.45, 2.75) is 8.69 Å². The largest absolute Gasteiger partial charge is 0.445 e. The Kier molecular flexibility index (Phi) is 8.44.